The molecule has 1 heterocycles. The molecule has 0 aliphatic carbocycles. The molecule has 1 fully saturated rings. The molecule has 1 aromatic rings. The van der Waals surface area contributed by atoms with Gasteiger partial charge >= 0.3 is 0 Å². The maximum Gasteiger partial charge on any atom is 0.236 e. The Morgan fingerprint density at radius 3 is 2.44 bits per heavy atom. The molecule has 0 aromatic heterocycles. The van der Waals surface area contributed by atoms with Gasteiger partial charge in [-0.3, -0.25) is 9.69 Å². The molecule has 142 valence electrons. The van der Waals surface area contributed by atoms with Gasteiger partial charge < -0.3 is 15.8 Å². The second kappa shape index (κ2) is 11.3. The first-order chi connectivity index (χ1) is 11.7. The molecule has 0 bridgehead atoms. The van der Waals surface area contributed by atoms with E-state index in [-0.39, 0.29) is 24.4 Å². The van der Waals surface area contributed by atoms with Crippen molar-refractivity contribution in [2.75, 3.05) is 26.7 Å². The fraction of sp³-hybridized carbons (Fsp3) is 0.632. The number of piperidine rings is 1. The van der Waals surface area contributed by atoms with Gasteiger partial charge in [0.2, 0.25) is 5.91 Å². The molecule has 1 amide bonds. The van der Waals surface area contributed by atoms with Gasteiger partial charge in [0.15, 0.2) is 0 Å². The summed E-state index contributed by atoms with van der Waals surface area (Å²) in [5.41, 5.74) is 7.14. The smallest absolute Gasteiger partial charge is 0.236 e. The summed E-state index contributed by atoms with van der Waals surface area (Å²) < 4.78 is 5.25. The number of halogens is 1. The lowest BCUT2D eigenvalue weighted by Crippen LogP contribution is -2.45. The van der Waals surface area contributed by atoms with E-state index in [1.807, 2.05) is 19.1 Å². The number of carbonyl (C=O) groups is 1. The van der Waals surface area contributed by atoms with Gasteiger partial charge in [-0.1, -0.05) is 31.9 Å². The van der Waals surface area contributed by atoms with Crippen LogP contribution in [0.4, 0.5) is 0 Å². The van der Waals surface area contributed by atoms with Crippen molar-refractivity contribution in [2.45, 2.75) is 51.1 Å². The number of nitrogens with one attached hydrogen (secondary N) is 1. The van der Waals surface area contributed by atoms with Crippen molar-refractivity contribution in [1.29, 1.82) is 0 Å². The molecule has 5 nitrogen and oxygen atoms in total. The first kappa shape index (κ1) is 21.7. The third-order valence-corrected chi connectivity index (χ3v) is 4.74. The number of methoxy groups -OCH3 is 1. The van der Waals surface area contributed by atoms with Gasteiger partial charge in [0, 0.05) is 6.54 Å². The largest absolute Gasteiger partial charge is 0.497 e. The first-order valence-corrected chi connectivity index (χ1v) is 9.07. The van der Waals surface area contributed by atoms with Crippen molar-refractivity contribution in [3.05, 3.63) is 29.8 Å². The zero-order valence-corrected chi connectivity index (χ0v) is 16.2. The number of carbonyl (C=O) groups excluding carboxylic acids is 1. The maximum absolute atomic E-state index is 12.2. The predicted molar refractivity (Wildman–Crippen MR) is 104 cm³/mol. The van der Waals surface area contributed by atoms with Crippen LogP contribution in [-0.4, -0.2) is 43.6 Å². The fourth-order valence-electron chi connectivity index (χ4n) is 3.28. The highest BCUT2D eigenvalue weighted by Gasteiger charge is 2.23. The van der Waals surface area contributed by atoms with E-state index in [4.69, 9.17) is 10.5 Å². The molecule has 2 unspecified atom stereocenters. The highest BCUT2D eigenvalue weighted by molar-refractivity contribution is 5.85. The van der Waals surface area contributed by atoms with Crippen LogP contribution in [0.25, 0.3) is 0 Å². The van der Waals surface area contributed by atoms with Crippen molar-refractivity contribution < 1.29 is 9.53 Å². The third kappa shape index (κ3) is 6.49. The third-order valence-electron chi connectivity index (χ3n) is 4.74. The van der Waals surface area contributed by atoms with Crippen LogP contribution in [0, 0.1) is 0 Å². The normalized spacial score (nSPS) is 17.2. The molecule has 0 spiro atoms. The van der Waals surface area contributed by atoms with Gasteiger partial charge in [-0.05, 0) is 50.0 Å². The molecular weight excluding hydrogens is 338 g/mol. The number of likely N-dealkylation sites (tertiary alicyclic amines) is 1. The van der Waals surface area contributed by atoms with Crippen molar-refractivity contribution in [1.82, 2.24) is 10.2 Å². The van der Waals surface area contributed by atoms with Crippen LogP contribution in [0.2, 0.25) is 0 Å². The zero-order valence-electron chi connectivity index (χ0n) is 15.4. The van der Waals surface area contributed by atoms with Crippen molar-refractivity contribution in [2.24, 2.45) is 5.73 Å². The Morgan fingerprint density at radius 2 is 1.88 bits per heavy atom. The molecule has 1 aliphatic rings. The standard InChI is InChI=1S/C19H31N3O2.ClH/c1-3-7-17(20)19(23)21-14-18(22-12-5-4-6-13-22)15-8-10-16(24-2)11-9-15;/h8-11,17-18H,3-7,12-14,20H2,1-2H3,(H,21,23);1H. The lowest BCUT2D eigenvalue weighted by atomic mass is 10.0. The summed E-state index contributed by atoms with van der Waals surface area (Å²) in [5, 5.41) is 3.05. The number of ether oxygens (including phenoxy) is 1. The molecule has 1 saturated heterocycles. The molecule has 0 radical (unpaired) electrons. The topological polar surface area (TPSA) is 67.6 Å². The molecule has 2 atom stereocenters. The summed E-state index contributed by atoms with van der Waals surface area (Å²) >= 11 is 0. The monoisotopic (exact) mass is 369 g/mol. The summed E-state index contributed by atoms with van der Waals surface area (Å²) in [6.07, 6.45) is 5.37. The van der Waals surface area contributed by atoms with Gasteiger partial charge in [-0.15, -0.1) is 12.4 Å². The maximum atomic E-state index is 12.2. The van der Waals surface area contributed by atoms with Crippen LogP contribution in [-0.2, 0) is 4.79 Å². The molecular formula is C19H32ClN3O2. The van der Waals surface area contributed by atoms with Crippen LogP contribution in [0.3, 0.4) is 0 Å². The Kier molecular flexibility index (Phi) is 9.86. The number of benzene rings is 1. The van der Waals surface area contributed by atoms with E-state index in [0.717, 1.165) is 31.7 Å². The van der Waals surface area contributed by atoms with E-state index in [0.29, 0.717) is 6.54 Å². The van der Waals surface area contributed by atoms with Gasteiger partial charge in [-0.25, -0.2) is 0 Å². The van der Waals surface area contributed by atoms with Gasteiger partial charge in [0.1, 0.15) is 5.75 Å². The molecule has 2 rings (SSSR count). The molecule has 1 aromatic carbocycles. The van der Waals surface area contributed by atoms with Gasteiger partial charge in [-0.2, -0.15) is 0 Å². The lowest BCUT2D eigenvalue weighted by Gasteiger charge is -2.35. The average molecular weight is 370 g/mol. The van der Waals surface area contributed by atoms with Crippen molar-refractivity contribution in [3.63, 3.8) is 0 Å². The average Bonchev–Trinajstić information content (AvgIpc) is 2.63. The van der Waals surface area contributed by atoms with Gasteiger partial charge in [0.25, 0.3) is 0 Å². The molecule has 25 heavy (non-hydrogen) atoms. The molecule has 0 saturated carbocycles. The van der Waals surface area contributed by atoms with E-state index in [2.05, 4.69) is 22.3 Å². The minimum Gasteiger partial charge on any atom is -0.497 e. The molecule has 1 aliphatic heterocycles. The Balaban J connectivity index is 0.00000312. The Morgan fingerprint density at radius 1 is 1.24 bits per heavy atom. The fourth-order valence-corrected chi connectivity index (χ4v) is 3.28. The van der Waals surface area contributed by atoms with Crippen LogP contribution in [0.15, 0.2) is 24.3 Å². The van der Waals surface area contributed by atoms with Crippen LogP contribution >= 0.6 is 12.4 Å². The summed E-state index contributed by atoms with van der Waals surface area (Å²) in [6, 6.07) is 7.93. The summed E-state index contributed by atoms with van der Waals surface area (Å²) in [6.45, 7) is 4.80. The minimum atomic E-state index is -0.409. The van der Waals surface area contributed by atoms with E-state index in [1.54, 1.807) is 7.11 Å². The minimum absolute atomic E-state index is 0. The second-order valence-electron chi connectivity index (χ2n) is 6.53. The summed E-state index contributed by atoms with van der Waals surface area (Å²) in [7, 11) is 1.67. The van der Waals surface area contributed by atoms with Crippen molar-refractivity contribution >= 4 is 18.3 Å². The summed E-state index contributed by atoms with van der Waals surface area (Å²) in [5.74, 6) is 0.803. The summed E-state index contributed by atoms with van der Waals surface area (Å²) in [4.78, 5) is 14.6. The highest BCUT2D eigenvalue weighted by Crippen LogP contribution is 2.25. The van der Waals surface area contributed by atoms with Crippen molar-refractivity contribution in [3.8, 4) is 5.75 Å². The van der Waals surface area contributed by atoms with E-state index >= 15 is 0 Å². The van der Waals surface area contributed by atoms with Gasteiger partial charge in [0.05, 0.1) is 19.2 Å². The first-order valence-electron chi connectivity index (χ1n) is 9.07. The number of amides is 1. The van der Waals surface area contributed by atoms with E-state index in [9.17, 15) is 4.79 Å². The molecule has 6 heteroatoms. The second-order valence-corrected chi connectivity index (χ2v) is 6.53. The quantitative estimate of drug-likeness (QED) is 0.739. The van der Waals surface area contributed by atoms with Crippen LogP contribution < -0.4 is 15.8 Å². The van der Waals surface area contributed by atoms with Crippen LogP contribution in [0.1, 0.15) is 50.6 Å². The van der Waals surface area contributed by atoms with Crippen LogP contribution in [0.5, 0.6) is 5.75 Å². The molecule has 3 N–H and O–H groups in total. The number of hydrogen-bond acceptors (Lipinski definition) is 4. The number of nitrogens with two attached hydrogens (primary N) is 1. The number of hydrogen-bond donors (Lipinski definition) is 2. The van der Waals surface area contributed by atoms with E-state index < -0.39 is 6.04 Å². The predicted octanol–water partition coefficient (Wildman–Crippen LogP) is 2.89. The van der Waals surface area contributed by atoms with E-state index in [1.165, 1.54) is 24.8 Å². The Bertz CT molecular complexity index is 504. The number of rotatable bonds is 8. The number of nitrogens with zero attached hydrogens (tertiary/aromatic N) is 1. The Hall–Kier alpha value is -1.30. The Labute approximate surface area is 157 Å². The highest BCUT2D eigenvalue weighted by atomic mass is 35.5. The SMILES string of the molecule is CCCC(N)C(=O)NCC(c1ccc(OC)cc1)N1CCCCC1.Cl. The zero-order chi connectivity index (χ0) is 17.4. The lowest BCUT2D eigenvalue weighted by molar-refractivity contribution is -0.122.